The highest BCUT2D eigenvalue weighted by atomic mass is 19.4. The maximum atomic E-state index is 11.7. The van der Waals surface area contributed by atoms with E-state index in [1.807, 2.05) is 6.07 Å². The van der Waals surface area contributed by atoms with Crippen LogP contribution in [-0.4, -0.2) is 6.18 Å². The van der Waals surface area contributed by atoms with Crippen LogP contribution in [0.15, 0.2) is 42.5 Å². The third-order valence-electron chi connectivity index (χ3n) is 1.50. The van der Waals surface area contributed by atoms with Gasteiger partial charge in [0.25, 0.3) is 0 Å². The molecule has 0 N–H and O–H groups in total. The van der Waals surface area contributed by atoms with Crippen LogP contribution in [0.2, 0.25) is 0 Å². The molecular formula is C10H9F3. The van der Waals surface area contributed by atoms with Gasteiger partial charge in [-0.25, -0.2) is 0 Å². The van der Waals surface area contributed by atoms with E-state index in [1.54, 1.807) is 24.3 Å². The van der Waals surface area contributed by atoms with Crippen LogP contribution >= 0.6 is 0 Å². The summed E-state index contributed by atoms with van der Waals surface area (Å²) in [7, 11) is 0. The summed E-state index contributed by atoms with van der Waals surface area (Å²) in [5.41, 5.74) is 0.878. The minimum absolute atomic E-state index is 0.264. The van der Waals surface area contributed by atoms with Gasteiger partial charge in [-0.05, 0) is 12.0 Å². The van der Waals surface area contributed by atoms with Gasteiger partial charge in [0.2, 0.25) is 0 Å². The minimum atomic E-state index is -4.20. The average Bonchev–Trinajstić information content (AvgIpc) is 2.04. The molecule has 1 rings (SSSR count). The maximum absolute atomic E-state index is 11.7. The Morgan fingerprint density at radius 1 is 1.08 bits per heavy atom. The molecule has 1 aromatic rings. The Morgan fingerprint density at radius 3 is 2.23 bits per heavy atom. The molecule has 0 fully saturated rings. The molecule has 0 aliphatic heterocycles. The monoisotopic (exact) mass is 186 g/mol. The number of benzene rings is 1. The van der Waals surface area contributed by atoms with E-state index >= 15 is 0 Å². The number of hydrogen-bond donors (Lipinski definition) is 0. The summed E-state index contributed by atoms with van der Waals surface area (Å²) < 4.78 is 35.0. The smallest absolute Gasteiger partial charge is 0.167 e. The fourth-order valence-corrected chi connectivity index (χ4v) is 0.943. The molecule has 3 heteroatoms. The zero-order valence-corrected chi connectivity index (χ0v) is 6.88. The predicted molar refractivity (Wildman–Crippen MR) is 45.3 cm³/mol. The molecular weight excluding hydrogens is 177 g/mol. The van der Waals surface area contributed by atoms with Gasteiger partial charge >= 0.3 is 6.18 Å². The van der Waals surface area contributed by atoms with E-state index in [2.05, 4.69) is 0 Å². The van der Waals surface area contributed by atoms with Crippen LogP contribution in [0.1, 0.15) is 5.56 Å². The van der Waals surface area contributed by atoms with Crippen LogP contribution in [-0.2, 0) is 6.42 Å². The first-order chi connectivity index (χ1) is 6.08. The van der Waals surface area contributed by atoms with Crippen LogP contribution in [0.4, 0.5) is 13.2 Å². The third kappa shape index (κ3) is 4.35. The molecule has 0 saturated heterocycles. The second kappa shape index (κ2) is 4.12. The highest BCUT2D eigenvalue weighted by Crippen LogP contribution is 2.16. The summed E-state index contributed by atoms with van der Waals surface area (Å²) in [5.74, 6) is 0. The summed E-state index contributed by atoms with van der Waals surface area (Å²) in [6, 6.07) is 9.02. The van der Waals surface area contributed by atoms with Crippen LogP contribution in [0.3, 0.4) is 0 Å². The lowest BCUT2D eigenvalue weighted by Crippen LogP contribution is -2.00. The van der Waals surface area contributed by atoms with Gasteiger partial charge in [-0.3, -0.25) is 0 Å². The molecule has 0 spiro atoms. The lowest BCUT2D eigenvalue weighted by Gasteiger charge is -1.97. The van der Waals surface area contributed by atoms with Gasteiger partial charge in [0.1, 0.15) is 0 Å². The molecule has 70 valence electrons. The highest BCUT2D eigenvalue weighted by molar-refractivity contribution is 5.17. The molecule has 0 unspecified atom stereocenters. The van der Waals surface area contributed by atoms with Crippen LogP contribution in [0, 0.1) is 0 Å². The van der Waals surface area contributed by atoms with E-state index in [9.17, 15) is 13.2 Å². The van der Waals surface area contributed by atoms with Crippen LogP contribution < -0.4 is 0 Å². The first kappa shape index (κ1) is 9.84. The Balaban J connectivity index is 2.49. The molecule has 0 aromatic heterocycles. The van der Waals surface area contributed by atoms with Crippen molar-refractivity contribution in [3.63, 3.8) is 0 Å². The molecule has 0 heterocycles. The zero-order chi connectivity index (χ0) is 9.73. The largest absolute Gasteiger partial charge is 0.409 e. The van der Waals surface area contributed by atoms with Crippen molar-refractivity contribution in [1.82, 2.24) is 0 Å². The minimum Gasteiger partial charge on any atom is -0.167 e. The lowest BCUT2D eigenvalue weighted by molar-refractivity contribution is -0.0800. The fraction of sp³-hybridized carbons (Fsp3) is 0.200. The molecule has 13 heavy (non-hydrogen) atoms. The van der Waals surface area contributed by atoms with Crippen molar-refractivity contribution in [3.8, 4) is 0 Å². The molecule has 0 amide bonds. The molecule has 0 atom stereocenters. The van der Waals surface area contributed by atoms with Gasteiger partial charge in [0.15, 0.2) is 0 Å². The summed E-state index contributed by atoms with van der Waals surface area (Å²) in [6.45, 7) is 0. The van der Waals surface area contributed by atoms with Crippen molar-refractivity contribution in [2.24, 2.45) is 0 Å². The van der Waals surface area contributed by atoms with Gasteiger partial charge < -0.3 is 0 Å². The molecule has 1 aromatic carbocycles. The summed E-state index contributed by atoms with van der Waals surface area (Å²) >= 11 is 0. The average molecular weight is 186 g/mol. The zero-order valence-electron chi connectivity index (χ0n) is 6.88. The van der Waals surface area contributed by atoms with E-state index in [0.29, 0.717) is 6.42 Å². The molecule has 0 saturated carbocycles. The Labute approximate surface area is 74.7 Å². The summed E-state index contributed by atoms with van der Waals surface area (Å²) in [4.78, 5) is 0. The molecule has 0 aliphatic rings. The molecule has 0 radical (unpaired) electrons. The normalized spacial score (nSPS) is 12.2. The number of rotatable bonds is 2. The van der Waals surface area contributed by atoms with Gasteiger partial charge in [0, 0.05) is 6.08 Å². The van der Waals surface area contributed by atoms with Crippen molar-refractivity contribution >= 4 is 0 Å². The predicted octanol–water partition coefficient (Wildman–Crippen LogP) is 3.35. The van der Waals surface area contributed by atoms with Crippen LogP contribution in [0.5, 0.6) is 0 Å². The standard InChI is InChI=1S/C10H9F3/c11-10(12,13)8-4-7-9-5-2-1-3-6-9/h1-6,8H,7H2/b8-4-. The topological polar surface area (TPSA) is 0 Å². The second-order valence-corrected chi connectivity index (χ2v) is 2.63. The van der Waals surface area contributed by atoms with Crippen molar-refractivity contribution in [2.75, 3.05) is 0 Å². The molecule has 0 bridgehead atoms. The highest BCUT2D eigenvalue weighted by Gasteiger charge is 2.21. The Bertz CT molecular complexity index is 272. The summed E-state index contributed by atoms with van der Waals surface area (Å²) in [6.07, 6.45) is -2.50. The van der Waals surface area contributed by atoms with Crippen molar-refractivity contribution in [3.05, 3.63) is 48.0 Å². The number of hydrogen-bond acceptors (Lipinski definition) is 0. The lowest BCUT2D eigenvalue weighted by atomic mass is 10.1. The van der Waals surface area contributed by atoms with E-state index in [4.69, 9.17) is 0 Å². The van der Waals surface area contributed by atoms with Crippen molar-refractivity contribution < 1.29 is 13.2 Å². The van der Waals surface area contributed by atoms with Crippen LogP contribution in [0.25, 0.3) is 0 Å². The van der Waals surface area contributed by atoms with Crippen molar-refractivity contribution in [2.45, 2.75) is 12.6 Å². The third-order valence-corrected chi connectivity index (χ3v) is 1.50. The van der Waals surface area contributed by atoms with Gasteiger partial charge in [0.05, 0.1) is 0 Å². The summed E-state index contributed by atoms with van der Waals surface area (Å²) in [5, 5.41) is 0. The Hall–Kier alpha value is -1.25. The van der Waals surface area contributed by atoms with Gasteiger partial charge in [-0.1, -0.05) is 36.4 Å². The van der Waals surface area contributed by atoms with E-state index in [0.717, 1.165) is 11.6 Å². The fourth-order valence-electron chi connectivity index (χ4n) is 0.943. The first-order valence-corrected chi connectivity index (χ1v) is 3.86. The number of allylic oxidation sites excluding steroid dienone is 2. The molecule has 0 nitrogen and oxygen atoms in total. The van der Waals surface area contributed by atoms with E-state index in [1.165, 1.54) is 0 Å². The number of halogens is 3. The first-order valence-electron chi connectivity index (χ1n) is 3.86. The second-order valence-electron chi connectivity index (χ2n) is 2.63. The Kier molecular flexibility index (Phi) is 3.12. The van der Waals surface area contributed by atoms with Gasteiger partial charge in [-0.2, -0.15) is 13.2 Å². The van der Waals surface area contributed by atoms with Crippen molar-refractivity contribution in [1.29, 1.82) is 0 Å². The van der Waals surface area contributed by atoms with E-state index < -0.39 is 6.18 Å². The van der Waals surface area contributed by atoms with Gasteiger partial charge in [-0.15, -0.1) is 0 Å². The number of alkyl halides is 3. The Morgan fingerprint density at radius 2 is 1.69 bits per heavy atom. The maximum Gasteiger partial charge on any atom is 0.409 e. The quantitative estimate of drug-likeness (QED) is 0.621. The molecule has 0 aliphatic carbocycles. The van der Waals surface area contributed by atoms with E-state index in [-0.39, 0.29) is 6.08 Å². The SMILES string of the molecule is FC(F)(F)/C=C\Cc1ccccc1.